The van der Waals surface area contributed by atoms with E-state index in [9.17, 15) is 0 Å². The van der Waals surface area contributed by atoms with Crippen LogP contribution in [0.5, 0.6) is 0 Å². The van der Waals surface area contributed by atoms with Crippen molar-refractivity contribution in [3.05, 3.63) is 206 Å². The summed E-state index contributed by atoms with van der Waals surface area (Å²) in [6.45, 7) is 0. The molecule has 0 N–H and O–H groups in total. The second kappa shape index (κ2) is 14.0. The number of rotatable bonds is 5. The first-order valence-corrected chi connectivity index (χ1v) is 22.7. The number of hydrogen-bond donors (Lipinski definition) is 0. The summed E-state index contributed by atoms with van der Waals surface area (Å²) in [6, 6.07) is 73.3. The Balaban J connectivity index is 1.09. The van der Waals surface area contributed by atoms with Crippen LogP contribution < -0.4 is 0 Å². The fourth-order valence-corrected chi connectivity index (χ4v) is 11.1. The molecule has 10 aromatic carbocycles. The van der Waals surface area contributed by atoms with Crippen molar-refractivity contribution in [3.63, 3.8) is 0 Å². The quantitative estimate of drug-likeness (QED) is 0.173. The number of nitrogens with zero attached hydrogens (tertiary/aromatic N) is 4. The van der Waals surface area contributed by atoms with Crippen LogP contribution >= 0.6 is 11.3 Å². The first-order valence-electron chi connectivity index (χ1n) is 21.8. The molecule has 0 radical (unpaired) electrons. The minimum Gasteiger partial charge on any atom is -0.456 e. The molecule has 4 heterocycles. The number of para-hydroxylation sites is 1. The summed E-state index contributed by atoms with van der Waals surface area (Å²) < 4.78 is 11.5. The lowest BCUT2D eigenvalue weighted by atomic mass is 10.0. The molecule has 0 aliphatic heterocycles. The molecule has 0 atom stereocenters. The molecule has 14 rings (SSSR count). The maximum Gasteiger partial charge on any atom is 0.166 e. The van der Waals surface area contributed by atoms with Crippen molar-refractivity contribution in [2.45, 2.75) is 0 Å². The molecular weight excluding hydrogens is 813 g/mol. The highest BCUT2D eigenvalue weighted by molar-refractivity contribution is 7.25. The van der Waals surface area contributed by atoms with E-state index in [0.717, 1.165) is 66.5 Å². The van der Waals surface area contributed by atoms with Gasteiger partial charge >= 0.3 is 0 Å². The molecule has 0 spiro atoms. The monoisotopic (exact) mass is 846 g/mol. The fourth-order valence-electron chi connectivity index (χ4n) is 10.0. The highest BCUT2D eigenvalue weighted by atomic mass is 32.1. The molecule has 0 aliphatic carbocycles. The van der Waals surface area contributed by atoms with Gasteiger partial charge in [0.2, 0.25) is 0 Å². The zero-order valence-corrected chi connectivity index (χ0v) is 35.6. The predicted octanol–water partition coefficient (Wildman–Crippen LogP) is 16.2. The minimum absolute atomic E-state index is 0.567. The molecule has 0 aliphatic rings. The summed E-state index contributed by atoms with van der Waals surface area (Å²) in [5, 5.41) is 11.6. The van der Waals surface area contributed by atoms with E-state index in [1.807, 2.05) is 18.2 Å². The normalized spacial score (nSPS) is 12.0. The van der Waals surface area contributed by atoms with Crippen molar-refractivity contribution in [1.29, 1.82) is 0 Å². The van der Waals surface area contributed by atoms with E-state index < -0.39 is 0 Å². The summed E-state index contributed by atoms with van der Waals surface area (Å²) >= 11 is 1.79. The van der Waals surface area contributed by atoms with Crippen LogP contribution in [0.4, 0.5) is 0 Å². The standard InChI is InChI=1S/C59H34N4OS/c1-2-12-35(13-3-1)36-22-24-38(25-23-36)57-60-58(41-26-28-44-43-18-9-11-21-52(43)65-53(44)34-41)62-59(61-57)56-48(30-31-51-55(56)45-19-8-10-20-50(45)64-51)63-47-29-27-37-14-6-7-17-42(37)54(47)46-32-39-15-4-5-16-40(39)33-49(46)63/h1-34H. The smallest absolute Gasteiger partial charge is 0.166 e. The Labute approximate surface area is 376 Å². The van der Waals surface area contributed by atoms with Gasteiger partial charge in [-0.25, -0.2) is 15.0 Å². The van der Waals surface area contributed by atoms with Gasteiger partial charge in [0.25, 0.3) is 0 Å². The zero-order chi connectivity index (χ0) is 42.6. The third-order valence-corrected chi connectivity index (χ3v) is 14.2. The Hall–Kier alpha value is -8.45. The molecule has 0 bridgehead atoms. The SMILES string of the molecule is c1ccc(-c2ccc(-c3nc(-c4ccc5c(c4)sc4ccccc45)nc(-c4c(-n5c6cc7ccccc7cc6c6c7ccccc7ccc65)ccc5oc6ccccc6c45)n3)cc2)cc1. The lowest BCUT2D eigenvalue weighted by Crippen LogP contribution is -2.04. The van der Waals surface area contributed by atoms with Crippen LogP contribution in [0.3, 0.4) is 0 Å². The summed E-state index contributed by atoms with van der Waals surface area (Å²) in [6.07, 6.45) is 0. The van der Waals surface area contributed by atoms with Crippen LogP contribution in [0.1, 0.15) is 0 Å². The van der Waals surface area contributed by atoms with Crippen molar-refractivity contribution in [2.75, 3.05) is 0 Å². The largest absolute Gasteiger partial charge is 0.456 e. The highest BCUT2D eigenvalue weighted by Crippen LogP contribution is 2.45. The van der Waals surface area contributed by atoms with Gasteiger partial charge in [0.15, 0.2) is 17.5 Å². The van der Waals surface area contributed by atoms with Gasteiger partial charge in [-0.2, -0.15) is 0 Å². The average molecular weight is 847 g/mol. The Morgan fingerprint density at radius 3 is 1.83 bits per heavy atom. The van der Waals surface area contributed by atoms with Crippen molar-refractivity contribution in [3.8, 4) is 51.0 Å². The van der Waals surface area contributed by atoms with Crippen LogP contribution in [0.25, 0.3) is 136 Å². The molecule has 65 heavy (non-hydrogen) atoms. The van der Waals surface area contributed by atoms with E-state index in [1.165, 1.54) is 52.5 Å². The molecule has 0 saturated carbocycles. The molecule has 0 fully saturated rings. The molecule has 14 aromatic rings. The topological polar surface area (TPSA) is 56.7 Å². The molecule has 5 nitrogen and oxygen atoms in total. The van der Waals surface area contributed by atoms with Gasteiger partial charge in [0.05, 0.1) is 22.3 Å². The van der Waals surface area contributed by atoms with E-state index in [-0.39, 0.29) is 0 Å². The number of thiophene rings is 1. The van der Waals surface area contributed by atoms with Gasteiger partial charge in [-0.05, 0) is 81.2 Å². The fraction of sp³-hybridized carbons (Fsp3) is 0. The summed E-state index contributed by atoms with van der Waals surface area (Å²) in [4.78, 5) is 16.3. The van der Waals surface area contributed by atoms with Gasteiger partial charge in [-0.3, -0.25) is 0 Å². The lowest BCUT2D eigenvalue weighted by Gasteiger charge is -2.16. The van der Waals surface area contributed by atoms with Gasteiger partial charge in [-0.1, -0.05) is 158 Å². The number of fused-ring (bicyclic) bond motifs is 12. The molecule has 302 valence electrons. The third kappa shape index (κ3) is 5.61. The van der Waals surface area contributed by atoms with Gasteiger partial charge in [0.1, 0.15) is 11.2 Å². The maximum absolute atomic E-state index is 6.66. The second-order valence-corrected chi connectivity index (χ2v) is 17.8. The molecule has 6 heteroatoms. The van der Waals surface area contributed by atoms with Gasteiger partial charge in [-0.15, -0.1) is 11.3 Å². The maximum atomic E-state index is 6.66. The molecule has 0 unspecified atom stereocenters. The Morgan fingerprint density at radius 2 is 0.985 bits per heavy atom. The first-order chi connectivity index (χ1) is 32.2. The van der Waals surface area contributed by atoms with E-state index in [4.69, 9.17) is 19.4 Å². The number of benzene rings is 10. The Kier molecular flexibility index (Phi) is 7.79. The van der Waals surface area contributed by atoms with E-state index in [1.54, 1.807) is 11.3 Å². The summed E-state index contributed by atoms with van der Waals surface area (Å²) in [7, 11) is 0. The zero-order valence-electron chi connectivity index (χ0n) is 34.7. The Bertz CT molecular complexity index is 4240. The number of hydrogen-bond acceptors (Lipinski definition) is 5. The molecule has 4 aromatic heterocycles. The first kappa shape index (κ1) is 36.1. The van der Waals surface area contributed by atoms with Crippen molar-refractivity contribution < 1.29 is 4.42 Å². The van der Waals surface area contributed by atoms with E-state index in [0.29, 0.717) is 17.5 Å². The highest BCUT2D eigenvalue weighted by Gasteiger charge is 2.25. The molecule has 0 saturated heterocycles. The minimum atomic E-state index is 0.567. The van der Waals surface area contributed by atoms with Crippen LogP contribution in [0.15, 0.2) is 211 Å². The van der Waals surface area contributed by atoms with Crippen molar-refractivity contribution in [1.82, 2.24) is 19.5 Å². The Morgan fingerprint density at radius 1 is 0.354 bits per heavy atom. The van der Waals surface area contributed by atoms with Crippen LogP contribution in [0.2, 0.25) is 0 Å². The molecular formula is C59H34N4OS. The van der Waals surface area contributed by atoms with Crippen molar-refractivity contribution >= 4 is 96.8 Å². The molecule has 0 amide bonds. The predicted molar refractivity (Wildman–Crippen MR) is 271 cm³/mol. The lowest BCUT2D eigenvalue weighted by molar-refractivity contribution is 0.669. The summed E-state index contributed by atoms with van der Waals surface area (Å²) in [5.41, 5.74) is 9.72. The van der Waals surface area contributed by atoms with E-state index >= 15 is 0 Å². The van der Waals surface area contributed by atoms with Crippen LogP contribution in [-0.4, -0.2) is 19.5 Å². The third-order valence-electron chi connectivity index (χ3n) is 13.0. The number of furan rings is 1. The van der Waals surface area contributed by atoms with Crippen molar-refractivity contribution in [2.24, 2.45) is 0 Å². The van der Waals surface area contributed by atoms with E-state index in [2.05, 4.69) is 193 Å². The summed E-state index contributed by atoms with van der Waals surface area (Å²) in [5.74, 6) is 1.76. The van der Waals surface area contributed by atoms with Gasteiger partial charge < -0.3 is 8.98 Å². The van der Waals surface area contributed by atoms with Crippen LogP contribution in [-0.2, 0) is 0 Å². The average Bonchev–Trinajstić information content (AvgIpc) is 4.04. The number of aromatic nitrogens is 4. The second-order valence-electron chi connectivity index (χ2n) is 16.7. The van der Waals surface area contributed by atoms with Crippen LogP contribution in [0, 0.1) is 0 Å². The van der Waals surface area contributed by atoms with Gasteiger partial charge in [0, 0.05) is 52.8 Å².